The largest absolute Gasteiger partial charge is 0.361 e. The minimum Gasteiger partial charge on any atom is -0.361 e. The van der Waals surface area contributed by atoms with Gasteiger partial charge in [0.2, 0.25) is 0 Å². The highest BCUT2D eigenvalue weighted by Gasteiger charge is 2.24. The van der Waals surface area contributed by atoms with Crippen molar-refractivity contribution in [3.05, 3.63) is 30.1 Å². The third kappa shape index (κ3) is 1.52. The maximum absolute atomic E-state index is 4.35. The second-order valence-corrected chi connectivity index (χ2v) is 4.59. The lowest BCUT2D eigenvalue weighted by molar-refractivity contribution is 0.520. The Morgan fingerprint density at radius 3 is 2.86 bits per heavy atom. The SMILES string of the molecule is CC(C)(C)N1CC=Cc2ncccc21. The van der Waals surface area contributed by atoms with E-state index in [9.17, 15) is 0 Å². The fourth-order valence-electron chi connectivity index (χ4n) is 1.77. The predicted molar refractivity (Wildman–Crippen MR) is 60.4 cm³/mol. The number of pyridine rings is 1. The van der Waals surface area contributed by atoms with Crippen molar-refractivity contribution in [1.82, 2.24) is 4.98 Å². The van der Waals surface area contributed by atoms with Gasteiger partial charge in [-0.1, -0.05) is 6.08 Å². The summed E-state index contributed by atoms with van der Waals surface area (Å²) in [6.45, 7) is 7.65. The van der Waals surface area contributed by atoms with E-state index >= 15 is 0 Å². The van der Waals surface area contributed by atoms with Crippen LogP contribution in [-0.2, 0) is 0 Å². The van der Waals surface area contributed by atoms with Crippen molar-refractivity contribution in [3.63, 3.8) is 0 Å². The summed E-state index contributed by atoms with van der Waals surface area (Å²) < 4.78 is 0. The van der Waals surface area contributed by atoms with Crippen LogP contribution in [0.15, 0.2) is 24.4 Å². The highest BCUT2D eigenvalue weighted by atomic mass is 15.2. The Hall–Kier alpha value is -1.31. The van der Waals surface area contributed by atoms with Crippen LogP contribution in [0.2, 0.25) is 0 Å². The molecule has 0 saturated heterocycles. The van der Waals surface area contributed by atoms with Crippen LogP contribution >= 0.6 is 0 Å². The molecular weight excluding hydrogens is 172 g/mol. The average molecular weight is 188 g/mol. The van der Waals surface area contributed by atoms with Crippen LogP contribution in [0.5, 0.6) is 0 Å². The Balaban J connectivity index is 2.46. The van der Waals surface area contributed by atoms with Gasteiger partial charge in [-0.3, -0.25) is 4.98 Å². The minimum atomic E-state index is 0.155. The number of nitrogens with zero attached hydrogens (tertiary/aromatic N) is 2. The Labute approximate surface area is 85.3 Å². The quantitative estimate of drug-likeness (QED) is 0.622. The standard InChI is InChI=1S/C12H16N2/c1-12(2,3)14-9-5-6-10-11(14)7-4-8-13-10/h4-8H,9H2,1-3H3. The summed E-state index contributed by atoms with van der Waals surface area (Å²) in [6, 6.07) is 4.13. The van der Waals surface area contributed by atoms with Gasteiger partial charge in [0.15, 0.2) is 0 Å². The molecule has 0 aliphatic carbocycles. The molecule has 14 heavy (non-hydrogen) atoms. The molecule has 0 spiro atoms. The van der Waals surface area contributed by atoms with Gasteiger partial charge < -0.3 is 4.90 Å². The van der Waals surface area contributed by atoms with E-state index < -0.39 is 0 Å². The first-order chi connectivity index (χ1) is 6.59. The van der Waals surface area contributed by atoms with Gasteiger partial charge in [0.05, 0.1) is 11.4 Å². The lowest BCUT2D eigenvalue weighted by Gasteiger charge is -2.39. The van der Waals surface area contributed by atoms with E-state index in [1.807, 2.05) is 12.3 Å². The van der Waals surface area contributed by atoms with E-state index in [1.54, 1.807) is 0 Å². The summed E-state index contributed by atoms with van der Waals surface area (Å²) in [5.41, 5.74) is 2.47. The molecule has 1 aromatic rings. The Kier molecular flexibility index (Phi) is 2.06. The summed E-state index contributed by atoms with van der Waals surface area (Å²) in [6.07, 6.45) is 6.10. The molecule has 2 rings (SSSR count). The van der Waals surface area contributed by atoms with Crippen LogP contribution in [0.1, 0.15) is 26.5 Å². The first kappa shape index (κ1) is 9.25. The predicted octanol–water partition coefficient (Wildman–Crippen LogP) is 2.71. The molecule has 1 aliphatic rings. The zero-order valence-corrected chi connectivity index (χ0v) is 8.99. The molecular formula is C12H16N2. The number of hydrogen-bond acceptors (Lipinski definition) is 2. The van der Waals surface area contributed by atoms with Gasteiger partial charge in [-0.25, -0.2) is 0 Å². The number of fused-ring (bicyclic) bond motifs is 1. The van der Waals surface area contributed by atoms with Crippen LogP contribution in [0, 0.1) is 0 Å². The molecule has 2 heteroatoms. The van der Waals surface area contributed by atoms with Gasteiger partial charge in [-0.2, -0.15) is 0 Å². The molecule has 0 atom stereocenters. The van der Waals surface area contributed by atoms with Crippen molar-refractivity contribution in [1.29, 1.82) is 0 Å². The normalized spacial score (nSPS) is 15.5. The molecule has 0 aromatic carbocycles. The van der Waals surface area contributed by atoms with Crippen LogP contribution in [0.25, 0.3) is 6.08 Å². The van der Waals surface area contributed by atoms with Crippen LogP contribution in [-0.4, -0.2) is 17.1 Å². The smallest absolute Gasteiger partial charge is 0.0860 e. The monoisotopic (exact) mass is 188 g/mol. The summed E-state index contributed by atoms with van der Waals surface area (Å²) >= 11 is 0. The van der Waals surface area contributed by atoms with E-state index in [2.05, 4.69) is 48.9 Å². The van der Waals surface area contributed by atoms with Gasteiger partial charge >= 0.3 is 0 Å². The summed E-state index contributed by atoms with van der Waals surface area (Å²) in [5.74, 6) is 0. The van der Waals surface area contributed by atoms with Crippen molar-refractivity contribution in [3.8, 4) is 0 Å². The van der Waals surface area contributed by atoms with Crippen LogP contribution < -0.4 is 4.90 Å². The molecule has 0 radical (unpaired) electrons. The van der Waals surface area contributed by atoms with Crippen molar-refractivity contribution < 1.29 is 0 Å². The highest BCUT2D eigenvalue weighted by Crippen LogP contribution is 2.29. The Bertz CT molecular complexity index is 361. The third-order valence-corrected chi connectivity index (χ3v) is 2.48. The lowest BCUT2D eigenvalue weighted by atomic mass is 10.0. The number of aromatic nitrogens is 1. The average Bonchev–Trinajstić information content (AvgIpc) is 2.15. The van der Waals surface area contributed by atoms with E-state index in [1.165, 1.54) is 5.69 Å². The van der Waals surface area contributed by atoms with E-state index in [0.717, 1.165) is 12.2 Å². The molecule has 2 heterocycles. The summed E-state index contributed by atoms with van der Waals surface area (Å²) in [7, 11) is 0. The fraction of sp³-hybridized carbons (Fsp3) is 0.417. The number of rotatable bonds is 0. The van der Waals surface area contributed by atoms with E-state index in [-0.39, 0.29) is 5.54 Å². The number of hydrogen-bond donors (Lipinski definition) is 0. The fourth-order valence-corrected chi connectivity index (χ4v) is 1.77. The first-order valence-corrected chi connectivity index (χ1v) is 4.98. The van der Waals surface area contributed by atoms with Gasteiger partial charge in [-0.15, -0.1) is 0 Å². The molecule has 0 unspecified atom stereocenters. The van der Waals surface area contributed by atoms with Crippen molar-refractivity contribution >= 4 is 11.8 Å². The molecule has 0 saturated carbocycles. The highest BCUT2D eigenvalue weighted by molar-refractivity contribution is 5.68. The van der Waals surface area contributed by atoms with Crippen molar-refractivity contribution in [2.45, 2.75) is 26.3 Å². The topological polar surface area (TPSA) is 16.1 Å². The molecule has 0 N–H and O–H groups in total. The first-order valence-electron chi connectivity index (χ1n) is 4.98. The molecule has 0 amide bonds. The molecule has 0 bridgehead atoms. The molecule has 1 aromatic heterocycles. The van der Waals surface area contributed by atoms with E-state index in [0.29, 0.717) is 0 Å². The second kappa shape index (κ2) is 3.12. The third-order valence-electron chi connectivity index (χ3n) is 2.48. The summed E-state index contributed by atoms with van der Waals surface area (Å²) in [4.78, 5) is 6.72. The van der Waals surface area contributed by atoms with Crippen molar-refractivity contribution in [2.75, 3.05) is 11.4 Å². The maximum Gasteiger partial charge on any atom is 0.0860 e. The van der Waals surface area contributed by atoms with Gasteiger partial charge in [0, 0.05) is 18.3 Å². The zero-order valence-electron chi connectivity index (χ0n) is 8.99. The summed E-state index contributed by atoms with van der Waals surface area (Å²) in [5, 5.41) is 0. The lowest BCUT2D eigenvalue weighted by Crippen LogP contribution is -2.43. The minimum absolute atomic E-state index is 0.155. The maximum atomic E-state index is 4.35. The van der Waals surface area contributed by atoms with Gasteiger partial charge in [0.1, 0.15) is 0 Å². The van der Waals surface area contributed by atoms with Crippen LogP contribution in [0.3, 0.4) is 0 Å². The Morgan fingerprint density at radius 1 is 1.36 bits per heavy atom. The van der Waals surface area contributed by atoms with Crippen molar-refractivity contribution in [2.24, 2.45) is 0 Å². The molecule has 0 fully saturated rings. The molecule has 1 aliphatic heterocycles. The molecule has 74 valence electrons. The Morgan fingerprint density at radius 2 is 2.14 bits per heavy atom. The molecule has 2 nitrogen and oxygen atoms in total. The zero-order chi connectivity index (χ0) is 10.2. The van der Waals surface area contributed by atoms with Gasteiger partial charge in [0.25, 0.3) is 0 Å². The van der Waals surface area contributed by atoms with Gasteiger partial charge in [-0.05, 0) is 39.0 Å². The number of anilines is 1. The van der Waals surface area contributed by atoms with Crippen LogP contribution in [0.4, 0.5) is 5.69 Å². The second-order valence-electron chi connectivity index (χ2n) is 4.59. The van der Waals surface area contributed by atoms with E-state index in [4.69, 9.17) is 0 Å².